The summed E-state index contributed by atoms with van der Waals surface area (Å²) in [6.07, 6.45) is 5.38. The monoisotopic (exact) mass is 923 g/mol. The Morgan fingerprint density at radius 1 is 0.806 bits per heavy atom. The number of carbonyl (C=O) groups is 5. The summed E-state index contributed by atoms with van der Waals surface area (Å²) in [6, 6.07) is 7.41. The van der Waals surface area contributed by atoms with Crippen LogP contribution in [0, 0.1) is 45.1 Å². The Kier molecular flexibility index (Phi) is 12.2. The van der Waals surface area contributed by atoms with Gasteiger partial charge in [0.1, 0.15) is 17.7 Å². The number of hydrogen-bond acceptors (Lipinski definition) is 13. The van der Waals surface area contributed by atoms with Crippen LogP contribution in [0.1, 0.15) is 152 Å². The van der Waals surface area contributed by atoms with Gasteiger partial charge in [0, 0.05) is 48.1 Å². The van der Waals surface area contributed by atoms with Crippen LogP contribution in [0.5, 0.6) is 11.5 Å². The fourth-order valence-electron chi connectivity index (χ4n) is 11.9. The zero-order chi connectivity index (χ0) is 48.6. The fourth-order valence-corrected chi connectivity index (χ4v) is 11.9. The molecule has 67 heavy (non-hydrogen) atoms. The van der Waals surface area contributed by atoms with Gasteiger partial charge in [-0.2, -0.15) is 14.4 Å². The number of nitrogens with zero attached hydrogens (tertiary/aromatic N) is 4. The van der Waals surface area contributed by atoms with Crippen molar-refractivity contribution in [3.05, 3.63) is 70.1 Å². The van der Waals surface area contributed by atoms with Gasteiger partial charge in [-0.05, 0) is 100 Å². The number of halogens is 1. The van der Waals surface area contributed by atoms with E-state index in [1.807, 2.05) is 67.5 Å². The largest absolute Gasteiger partial charge is 0.455 e. The van der Waals surface area contributed by atoms with Gasteiger partial charge in [0.2, 0.25) is 5.91 Å². The van der Waals surface area contributed by atoms with Crippen molar-refractivity contribution in [3.63, 3.8) is 0 Å². The highest BCUT2D eigenvalue weighted by molar-refractivity contribution is 5.98. The quantitative estimate of drug-likeness (QED) is 0.0761. The van der Waals surface area contributed by atoms with Gasteiger partial charge >= 0.3 is 30.0 Å². The Bertz CT molecular complexity index is 2700. The Labute approximate surface area is 390 Å². The maximum absolute atomic E-state index is 15.3. The number of esters is 4. The summed E-state index contributed by atoms with van der Waals surface area (Å²) in [6.45, 7) is 19.3. The molecule has 3 heterocycles. The summed E-state index contributed by atoms with van der Waals surface area (Å²) in [4.78, 5) is 78.8. The molecule has 1 amide bonds. The van der Waals surface area contributed by atoms with Crippen LogP contribution in [0.2, 0.25) is 0 Å². The first kappa shape index (κ1) is 47.7. The third-order valence-electron chi connectivity index (χ3n) is 14.6. The van der Waals surface area contributed by atoms with E-state index in [0.717, 1.165) is 47.9 Å². The van der Waals surface area contributed by atoms with Crippen LogP contribution in [0.4, 0.5) is 10.2 Å². The number of hydrogen-bond donors (Lipinski definition) is 1. The van der Waals surface area contributed by atoms with Gasteiger partial charge in [-0.1, -0.05) is 59.1 Å². The van der Waals surface area contributed by atoms with Gasteiger partial charge in [0.15, 0.2) is 34.3 Å². The summed E-state index contributed by atoms with van der Waals surface area (Å²) in [7, 11) is 0. The van der Waals surface area contributed by atoms with Crippen LogP contribution >= 0.6 is 0 Å². The average molecular weight is 924 g/mol. The maximum Gasteiger partial charge on any atom is 0.312 e. The van der Waals surface area contributed by atoms with Gasteiger partial charge in [0.05, 0.1) is 19.2 Å². The van der Waals surface area contributed by atoms with E-state index in [1.165, 1.54) is 44.0 Å². The van der Waals surface area contributed by atoms with Crippen molar-refractivity contribution in [2.45, 2.75) is 175 Å². The number of anilines is 1. The topological polar surface area (TPSA) is 187 Å². The summed E-state index contributed by atoms with van der Waals surface area (Å²) in [5, 5.41) is 2.82. The number of fused-ring (bicyclic) bond motifs is 2. The van der Waals surface area contributed by atoms with Crippen LogP contribution in [0.15, 0.2) is 30.6 Å². The lowest BCUT2D eigenvalue weighted by Crippen LogP contribution is -2.44. The number of nitrogens with one attached hydrogen (secondary N) is 1. The van der Waals surface area contributed by atoms with Crippen LogP contribution in [0.25, 0.3) is 11.2 Å². The van der Waals surface area contributed by atoms with Crippen molar-refractivity contribution in [1.82, 2.24) is 19.5 Å². The molecule has 16 heteroatoms. The van der Waals surface area contributed by atoms with E-state index in [4.69, 9.17) is 23.7 Å². The number of rotatable bonds is 13. The van der Waals surface area contributed by atoms with Gasteiger partial charge in [-0.15, -0.1) is 0 Å². The lowest BCUT2D eigenvalue weighted by molar-refractivity contribution is -0.162. The molecule has 3 aliphatic carbocycles. The van der Waals surface area contributed by atoms with Crippen molar-refractivity contribution in [2.24, 2.45) is 11.3 Å². The van der Waals surface area contributed by atoms with E-state index >= 15 is 4.39 Å². The maximum atomic E-state index is 15.3. The fraction of sp³-hybridized carbons (Fsp3) is 0.569. The minimum absolute atomic E-state index is 0.0458. The van der Waals surface area contributed by atoms with Gasteiger partial charge in [-0.3, -0.25) is 28.5 Å². The number of carbonyl (C=O) groups excluding carboxylic acids is 5. The minimum atomic E-state index is -1.52. The molecule has 1 spiro atoms. The zero-order valence-electron chi connectivity index (χ0n) is 40.4. The normalized spacial score (nSPS) is 23.3. The minimum Gasteiger partial charge on any atom is -0.455 e. The number of imidazole rings is 1. The SMILES string of the molecule is CC(=O)Oc1cc(C)cc(C)c1C(C)(C)CC(=O)OC1[C@@]2(C)O[C@@H](n3cnc4c(NC(=O)C5CC6(CCCCC6)C5)nc(F)nc43)C[C@@]12OC(=O)CC(C)(C)c1c(C)cc(C)cc1OC(C)=O. The first-order valence-electron chi connectivity index (χ1n) is 23.3. The third-order valence-corrected chi connectivity index (χ3v) is 14.6. The number of aromatic nitrogens is 4. The Morgan fingerprint density at radius 2 is 1.36 bits per heavy atom. The zero-order valence-corrected chi connectivity index (χ0v) is 40.4. The number of aryl methyl sites for hydroxylation is 4. The van der Waals surface area contributed by atoms with E-state index in [0.29, 0.717) is 22.6 Å². The molecule has 4 atom stereocenters. The van der Waals surface area contributed by atoms with Crippen LogP contribution < -0.4 is 14.8 Å². The second-order valence-electron chi connectivity index (χ2n) is 21.2. The molecule has 4 fully saturated rings. The van der Waals surface area contributed by atoms with Crippen molar-refractivity contribution < 1.29 is 52.0 Å². The molecule has 15 nitrogen and oxygen atoms in total. The van der Waals surface area contributed by atoms with E-state index < -0.39 is 64.3 Å². The third kappa shape index (κ3) is 8.93. The molecule has 1 unspecified atom stereocenters. The predicted octanol–water partition coefficient (Wildman–Crippen LogP) is 8.97. The molecule has 1 aliphatic heterocycles. The molecule has 0 radical (unpaired) electrons. The van der Waals surface area contributed by atoms with Crippen molar-refractivity contribution in [2.75, 3.05) is 5.32 Å². The standard InChI is InChI=1S/C51H62FN5O10/c1-27-17-29(3)39(34(19-27)63-31(5)58)47(7,8)24-37(60)65-45-49(11)51(45,67-38(61)25-48(9,10)40-30(4)18-28(2)20-35(40)64-32(6)59)23-36(66-49)57-26-53-41-42(55-46(52)56-43(41)57)54-44(62)33-21-50(22-33)15-13-12-14-16-50/h17-20,26,33,36,45H,12-16,21-25H2,1-11H3,(H,54,55,56,62)/t36-,45?,49-,51-/m1/s1. The Morgan fingerprint density at radius 3 is 1.91 bits per heavy atom. The summed E-state index contributed by atoms with van der Waals surface area (Å²) in [5.74, 6) is -2.04. The molecule has 0 bridgehead atoms. The van der Waals surface area contributed by atoms with Crippen LogP contribution in [-0.2, 0) is 49.0 Å². The molecule has 358 valence electrons. The summed E-state index contributed by atoms with van der Waals surface area (Å²) < 4.78 is 47.4. The van der Waals surface area contributed by atoms with E-state index in [-0.39, 0.29) is 53.5 Å². The van der Waals surface area contributed by atoms with E-state index in [2.05, 4.69) is 20.3 Å². The Balaban J connectivity index is 1.07. The Hall–Kier alpha value is -5.77. The smallest absolute Gasteiger partial charge is 0.312 e. The molecule has 2 aromatic heterocycles. The first-order valence-corrected chi connectivity index (χ1v) is 23.3. The second-order valence-corrected chi connectivity index (χ2v) is 21.2. The second kappa shape index (κ2) is 17.1. The number of ether oxygens (including phenoxy) is 5. The molecule has 3 saturated carbocycles. The predicted molar refractivity (Wildman–Crippen MR) is 244 cm³/mol. The lowest BCUT2D eigenvalue weighted by atomic mass is 9.55. The molecule has 2 aromatic carbocycles. The van der Waals surface area contributed by atoms with E-state index in [1.54, 1.807) is 19.1 Å². The van der Waals surface area contributed by atoms with Gasteiger partial charge in [0.25, 0.3) is 0 Å². The lowest BCUT2D eigenvalue weighted by Gasteiger charge is -2.49. The van der Waals surface area contributed by atoms with Crippen molar-refractivity contribution in [1.29, 1.82) is 0 Å². The molecule has 8 rings (SSSR count). The molecule has 1 saturated heterocycles. The summed E-state index contributed by atoms with van der Waals surface area (Å²) >= 11 is 0. The van der Waals surface area contributed by atoms with Crippen molar-refractivity contribution >= 4 is 46.8 Å². The van der Waals surface area contributed by atoms with E-state index in [9.17, 15) is 24.0 Å². The highest BCUT2D eigenvalue weighted by Gasteiger charge is 2.86. The highest BCUT2D eigenvalue weighted by atomic mass is 19.1. The summed E-state index contributed by atoms with van der Waals surface area (Å²) in [5.41, 5.74) is 0.469. The number of benzene rings is 2. The van der Waals surface area contributed by atoms with Gasteiger partial charge in [-0.25, -0.2) is 4.98 Å². The first-order chi connectivity index (χ1) is 31.4. The molecular formula is C51H62FN5O10. The number of amides is 1. The van der Waals surface area contributed by atoms with Crippen LogP contribution in [0.3, 0.4) is 0 Å². The molecule has 1 N–H and O–H groups in total. The van der Waals surface area contributed by atoms with Gasteiger partial charge < -0.3 is 29.0 Å². The highest BCUT2D eigenvalue weighted by Crippen LogP contribution is 2.66. The van der Waals surface area contributed by atoms with Crippen molar-refractivity contribution in [3.8, 4) is 11.5 Å². The molecule has 4 aliphatic rings. The molecule has 4 aromatic rings. The van der Waals surface area contributed by atoms with Crippen LogP contribution in [-0.4, -0.2) is 66.6 Å². The average Bonchev–Trinajstić information content (AvgIpc) is 3.46. The molecular weight excluding hydrogens is 862 g/mol.